The summed E-state index contributed by atoms with van der Waals surface area (Å²) in [5, 5.41) is -1.05. The Balaban J connectivity index is 2.11. The minimum atomic E-state index is -3.83. The molecule has 2 N–H and O–H groups in total. The maximum absolute atomic E-state index is 13.3. The van der Waals surface area contributed by atoms with E-state index in [9.17, 15) is 17.6 Å². The van der Waals surface area contributed by atoms with Crippen molar-refractivity contribution >= 4 is 15.8 Å². The van der Waals surface area contributed by atoms with Gasteiger partial charge in [-0.05, 0) is 36.8 Å². The van der Waals surface area contributed by atoms with Crippen molar-refractivity contribution in [1.82, 2.24) is 0 Å². The number of halogens is 1. The van der Waals surface area contributed by atoms with Crippen LogP contribution in [0.25, 0.3) is 0 Å². The van der Waals surface area contributed by atoms with E-state index in [2.05, 4.69) is 0 Å². The zero-order chi connectivity index (χ0) is 18.9. The third kappa shape index (κ3) is 2.81. The highest BCUT2D eigenvalue weighted by molar-refractivity contribution is 7.92. The van der Waals surface area contributed by atoms with Crippen LogP contribution in [-0.4, -0.2) is 32.8 Å². The SMILES string of the molecule is CCOC(=O)[C@]1(CN)[C@H](c2ccc(F)cc2)[C@H]1S(=O)(=O)c1ccccc1. The summed E-state index contributed by atoms with van der Waals surface area (Å²) >= 11 is 0. The van der Waals surface area contributed by atoms with E-state index in [1.165, 1.54) is 36.4 Å². The van der Waals surface area contributed by atoms with Gasteiger partial charge >= 0.3 is 5.97 Å². The average molecular weight is 377 g/mol. The molecule has 138 valence electrons. The highest BCUT2D eigenvalue weighted by Gasteiger charge is 2.75. The van der Waals surface area contributed by atoms with Crippen LogP contribution in [0.3, 0.4) is 0 Å². The second-order valence-corrected chi connectivity index (χ2v) is 8.34. The van der Waals surface area contributed by atoms with Gasteiger partial charge in [-0.15, -0.1) is 0 Å². The first kappa shape index (κ1) is 18.5. The number of sulfone groups is 1. The van der Waals surface area contributed by atoms with Crippen LogP contribution in [0.4, 0.5) is 4.39 Å². The Labute approximate surface area is 151 Å². The fourth-order valence-corrected chi connectivity index (χ4v) is 6.00. The lowest BCUT2D eigenvalue weighted by Gasteiger charge is -2.14. The predicted molar refractivity (Wildman–Crippen MR) is 94.7 cm³/mol. The lowest BCUT2D eigenvalue weighted by molar-refractivity contribution is -0.149. The maximum atomic E-state index is 13.3. The van der Waals surface area contributed by atoms with E-state index in [1.807, 2.05) is 0 Å². The van der Waals surface area contributed by atoms with Gasteiger partial charge < -0.3 is 10.5 Å². The van der Waals surface area contributed by atoms with E-state index in [-0.39, 0.29) is 18.0 Å². The van der Waals surface area contributed by atoms with Gasteiger partial charge in [0.05, 0.1) is 16.8 Å². The lowest BCUT2D eigenvalue weighted by atomic mass is 9.99. The van der Waals surface area contributed by atoms with Crippen molar-refractivity contribution in [3.8, 4) is 0 Å². The minimum absolute atomic E-state index is 0.120. The lowest BCUT2D eigenvalue weighted by Crippen LogP contribution is -2.33. The molecule has 0 bridgehead atoms. The maximum Gasteiger partial charge on any atom is 0.315 e. The van der Waals surface area contributed by atoms with Gasteiger partial charge in [0.25, 0.3) is 0 Å². The number of benzene rings is 2. The predicted octanol–water partition coefficient (Wildman–Crippen LogP) is 2.27. The molecule has 1 aliphatic rings. The first-order valence-electron chi connectivity index (χ1n) is 8.31. The van der Waals surface area contributed by atoms with Crippen LogP contribution in [-0.2, 0) is 19.4 Å². The molecule has 0 spiro atoms. The summed E-state index contributed by atoms with van der Waals surface area (Å²) in [6.07, 6.45) is 0. The topological polar surface area (TPSA) is 86.5 Å². The molecule has 0 radical (unpaired) electrons. The molecule has 1 saturated carbocycles. The fraction of sp³-hybridized carbons (Fsp3) is 0.316. The molecule has 0 aliphatic heterocycles. The monoisotopic (exact) mass is 377 g/mol. The third-order valence-corrected chi connectivity index (χ3v) is 7.18. The third-order valence-electron chi connectivity index (χ3n) is 4.88. The molecule has 2 aromatic carbocycles. The van der Waals surface area contributed by atoms with Gasteiger partial charge in [-0.3, -0.25) is 4.79 Å². The second-order valence-electron chi connectivity index (χ2n) is 6.27. The quantitative estimate of drug-likeness (QED) is 0.781. The summed E-state index contributed by atoms with van der Waals surface area (Å²) in [5.74, 6) is -1.76. The highest BCUT2D eigenvalue weighted by atomic mass is 32.2. The molecule has 0 aromatic heterocycles. The van der Waals surface area contributed by atoms with Gasteiger partial charge in [-0.1, -0.05) is 30.3 Å². The summed E-state index contributed by atoms with van der Waals surface area (Å²) in [5.41, 5.74) is 5.06. The Kier molecular flexibility index (Phi) is 4.86. The summed E-state index contributed by atoms with van der Waals surface area (Å²) in [6, 6.07) is 13.4. The van der Waals surface area contributed by atoms with Gasteiger partial charge in [0, 0.05) is 12.5 Å². The number of hydrogen-bond acceptors (Lipinski definition) is 5. The summed E-state index contributed by atoms with van der Waals surface area (Å²) in [7, 11) is -3.83. The molecule has 5 nitrogen and oxygen atoms in total. The number of ether oxygens (including phenoxy) is 1. The van der Waals surface area contributed by atoms with Crippen LogP contribution in [0.5, 0.6) is 0 Å². The molecular formula is C19H20FNO4S. The van der Waals surface area contributed by atoms with E-state index in [4.69, 9.17) is 10.5 Å². The van der Waals surface area contributed by atoms with Crippen molar-refractivity contribution in [1.29, 1.82) is 0 Å². The van der Waals surface area contributed by atoms with Gasteiger partial charge in [0.15, 0.2) is 9.84 Å². The number of carbonyl (C=O) groups is 1. The Morgan fingerprint density at radius 2 is 1.77 bits per heavy atom. The summed E-state index contributed by atoms with van der Waals surface area (Å²) < 4.78 is 44.8. The molecular weight excluding hydrogens is 357 g/mol. The molecule has 0 unspecified atom stereocenters. The summed E-state index contributed by atoms with van der Waals surface area (Å²) in [4.78, 5) is 12.8. The molecule has 0 heterocycles. The molecule has 3 atom stereocenters. The average Bonchev–Trinajstić information content (AvgIpc) is 3.35. The van der Waals surface area contributed by atoms with Crippen molar-refractivity contribution in [2.24, 2.45) is 11.1 Å². The van der Waals surface area contributed by atoms with Gasteiger partial charge in [0.2, 0.25) is 0 Å². The van der Waals surface area contributed by atoms with Crippen LogP contribution in [0.1, 0.15) is 18.4 Å². The van der Waals surface area contributed by atoms with Crippen LogP contribution in [0.15, 0.2) is 59.5 Å². The summed E-state index contributed by atoms with van der Waals surface area (Å²) in [6.45, 7) is 1.59. The highest BCUT2D eigenvalue weighted by Crippen LogP contribution is 2.64. The van der Waals surface area contributed by atoms with E-state index < -0.39 is 38.2 Å². The Morgan fingerprint density at radius 3 is 2.31 bits per heavy atom. The molecule has 0 saturated heterocycles. The standard InChI is InChI=1S/C19H20FNO4S/c1-2-25-18(22)19(12-21)16(13-8-10-14(20)11-9-13)17(19)26(23,24)15-6-4-3-5-7-15/h3-11,16-17H,2,12,21H2,1H3/t16-,17-,19-/m1/s1. The Bertz CT molecular complexity index is 899. The number of hydrogen-bond donors (Lipinski definition) is 1. The molecule has 26 heavy (non-hydrogen) atoms. The smallest absolute Gasteiger partial charge is 0.315 e. The first-order valence-corrected chi connectivity index (χ1v) is 9.86. The van der Waals surface area contributed by atoms with Crippen LogP contribution >= 0.6 is 0 Å². The first-order chi connectivity index (χ1) is 12.4. The fourth-order valence-electron chi connectivity index (χ4n) is 3.59. The van der Waals surface area contributed by atoms with Gasteiger partial charge in [-0.2, -0.15) is 0 Å². The number of rotatable bonds is 6. The van der Waals surface area contributed by atoms with Crippen LogP contribution in [0, 0.1) is 11.2 Å². The Hall–Kier alpha value is -2.25. The zero-order valence-corrected chi connectivity index (χ0v) is 15.1. The number of carbonyl (C=O) groups excluding carboxylic acids is 1. The van der Waals surface area contributed by atoms with Crippen LogP contribution < -0.4 is 5.73 Å². The molecule has 1 aliphatic carbocycles. The molecule has 7 heteroatoms. The molecule has 2 aromatic rings. The van der Waals surface area contributed by atoms with Crippen LogP contribution in [0.2, 0.25) is 0 Å². The van der Waals surface area contributed by atoms with Gasteiger partial charge in [0.1, 0.15) is 11.2 Å². The minimum Gasteiger partial charge on any atom is -0.465 e. The van der Waals surface area contributed by atoms with Crippen molar-refractivity contribution in [3.05, 3.63) is 66.0 Å². The molecule has 3 rings (SSSR count). The van der Waals surface area contributed by atoms with Crippen molar-refractivity contribution in [2.75, 3.05) is 13.2 Å². The number of nitrogens with two attached hydrogens (primary N) is 1. The van der Waals surface area contributed by atoms with Gasteiger partial charge in [-0.25, -0.2) is 12.8 Å². The normalized spacial score (nSPS) is 24.9. The van der Waals surface area contributed by atoms with E-state index in [1.54, 1.807) is 25.1 Å². The van der Waals surface area contributed by atoms with Crippen molar-refractivity contribution in [2.45, 2.75) is 23.0 Å². The molecule has 1 fully saturated rings. The van der Waals surface area contributed by atoms with Crippen molar-refractivity contribution < 1.29 is 22.3 Å². The second kappa shape index (κ2) is 6.81. The number of esters is 1. The zero-order valence-electron chi connectivity index (χ0n) is 14.3. The largest absolute Gasteiger partial charge is 0.465 e. The van der Waals surface area contributed by atoms with E-state index >= 15 is 0 Å². The van der Waals surface area contributed by atoms with Crippen molar-refractivity contribution in [3.63, 3.8) is 0 Å². The molecule has 0 amide bonds. The Morgan fingerprint density at radius 1 is 1.15 bits per heavy atom. The van der Waals surface area contributed by atoms with E-state index in [0.29, 0.717) is 5.56 Å². The van der Waals surface area contributed by atoms with E-state index in [0.717, 1.165) is 0 Å².